The molecule has 0 amide bonds. The number of halogens is 2. The van der Waals surface area contributed by atoms with E-state index in [0.29, 0.717) is 10.7 Å². The average Bonchev–Trinajstić information content (AvgIpc) is 3.09. The average molecular weight is 402 g/mol. The maximum absolute atomic E-state index is 6.67. The molecule has 0 aliphatic carbocycles. The minimum atomic E-state index is 0.207. The van der Waals surface area contributed by atoms with Crippen LogP contribution in [-0.2, 0) is 13.6 Å². The molecule has 0 bridgehead atoms. The molecule has 1 atom stereocenters. The third-order valence-corrected chi connectivity index (χ3v) is 4.94. The van der Waals surface area contributed by atoms with Gasteiger partial charge in [-0.1, -0.05) is 25.4 Å². The molecule has 1 aliphatic rings. The minimum absolute atomic E-state index is 0.207. The van der Waals surface area contributed by atoms with Crippen LogP contribution in [0.1, 0.15) is 44.0 Å². The quantitative estimate of drug-likeness (QED) is 0.783. The number of nitrogens with zero attached hydrogens (tertiary/aromatic N) is 6. The van der Waals surface area contributed by atoms with Gasteiger partial charge in [-0.2, -0.15) is 10.1 Å². The van der Waals surface area contributed by atoms with Gasteiger partial charge in [-0.15, -0.1) is 5.10 Å². The van der Waals surface area contributed by atoms with Crippen molar-refractivity contribution in [2.75, 3.05) is 11.4 Å². The Labute approximate surface area is 149 Å². The molecule has 6 nitrogen and oxygen atoms in total. The Morgan fingerprint density at radius 3 is 2.70 bits per heavy atom. The van der Waals surface area contributed by atoms with Crippen molar-refractivity contribution in [3.8, 4) is 0 Å². The molecule has 1 aliphatic heterocycles. The molecule has 0 aromatic carbocycles. The molecule has 3 heterocycles. The number of hydrogen-bond acceptors (Lipinski definition) is 4. The number of hydrogen-bond donors (Lipinski definition) is 0. The Kier molecular flexibility index (Phi) is 4.69. The summed E-state index contributed by atoms with van der Waals surface area (Å²) in [5, 5.41) is 9.72. The van der Waals surface area contributed by atoms with Gasteiger partial charge in [0.1, 0.15) is 5.15 Å². The molecular weight excluding hydrogens is 380 g/mol. The number of anilines is 1. The van der Waals surface area contributed by atoms with Crippen molar-refractivity contribution in [1.29, 1.82) is 0 Å². The Hall–Kier alpha value is -1.08. The van der Waals surface area contributed by atoms with Gasteiger partial charge in [0.25, 0.3) is 0 Å². The van der Waals surface area contributed by atoms with E-state index in [2.05, 4.69) is 49.9 Å². The van der Waals surface area contributed by atoms with E-state index < -0.39 is 0 Å². The summed E-state index contributed by atoms with van der Waals surface area (Å²) in [4.78, 5) is 6.79. The van der Waals surface area contributed by atoms with Crippen molar-refractivity contribution in [2.24, 2.45) is 13.0 Å². The summed E-state index contributed by atoms with van der Waals surface area (Å²) < 4.78 is 4.35. The first-order valence-electron chi connectivity index (χ1n) is 7.94. The smallest absolute Gasteiger partial charge is 0.225 e. The summed E-state index contributed by atoms with van der Waals surface area (Å²) in [6, 6.07) is 0.207. The highest BCUT2D eigenvalue weighted by molar-refractivity contribution is 9.10. The lowest BCUT2D eigenvalue weighted by atomic mass is 10.1. The first-order valence-corrected chi connectivity index (χ1v) is 9.11. The number of aromatic nitrogens is 5. The largest absolute Gasteiger partial charge is 0.334 e. The fraction of sp³-hybridized carbons (Fsp3) is 0.667. The Morgan fingerprint density at radius 1 is 1.35 bits per heavy atom. The van der Waals surface area contributed by atoms with Gasteiger partial charge in [0.05, 0.1) is 11.7 Å². The summed E-state index contributed by atoms with van der Waals surface area (Å²) in [5.41, 5.74) is 2.14. The van der Waals surface area contributed by atoms with Gasteiger partial charge in [-0.05, 0) is 41.6 Å². The standard InChI is InChI=1S/C15H22BrClN6/c1-9(2)8-23-13(17)12(10(3)19-23)11-6-5-7-22(11)15-18-14(16)20-21(15)4/h9,11H,5-8H2,1-4H3. The predicted molar refractivity (Wildman–Crippen MR) is 94.8 cm³/mol. The van der Waals surface area contributed by atoms with Crippen LogP contribution >= 0.6 is 27.5 Å². The van der Waals surface area contributed by atoms with Crippen LogP contribution in [0.4, 0.5) is 5.95 Å². The molecule has 0 radical (unpaired) electrons. The van der Waals surface area contributed by atoms with Crippen molar-refractivity contribution < 1.29 is 0 Å². The Balaban J connectivity index is 1.97. The maximum Gasteiger partial charge on any atom is 0.225 e. The topological polar surface area (TPSA) is 51.8 Å². The van der Waals surface area contributed by atoms with Crippen molar-refractivity contribution in [1.82, 2.24) is 24.5 Å². The predicted octanol–water partition coefficient (Wildman–Crippen LogP) is 3.73. The van der Waals surface area contributed by atoms with E-state index in [0.717, 1.165) is 48.3 Å². The van der Waals surface area contributed by atoms with Gasteiger partial charge in [0.2, 0.25) is 10.7 Å². The van der Waals surface area contributed by atoms with Gasteiger partial charge < -0.3 is 4.90 Å². The van der Waals surface area contributed by atoms with Crippen LogP contribution in [0.15, 0.2) is 4.73 Å². The summed E-state index contributed by atoms with van der Waals surface area (Å²) in [6.07, 6.45) is 2.17. The molecule has 1 saturated heterocycles. The zero-order valence-electron chi connectivity index (χ0n) is 13.9. The van der Waals surface area contributed by atoms with E-state index in [1.807, 2.05) is 23.3 Å². The second kappa shape index (κ2) is 6.43. The Morgan fingerprint density at radius 2 is 2.09 bits per heavy atom. The van der Waals surface area contributed by atoms with Crippen LogP contribution in [0.25, 0.3) is 0 Å². The summed E-state index contributed by atoms with van der Waals surface area (Å²) in [5.74, 6) is 1.38. The van der Waals surface area contributed by atoms with Crippen molar-refractivity contribution in [3.63, 3.8) is 0 Å². The second-order valence-electron chi connectivity index (χ2n) is 6.52. The molecule has 3 rings (SSSR count). The first-order chi connectivity index (χ1) is 10.9. The Bertz CT molecular complexity index is 707. The monoisotopic (exact) mass is 400 g/mol. The third kappa shape index (κ3) is 3.13. The van der Waals surface area contributed by atoms with Gasteiger partial charge >= 0.3 is 0 Å². The van der Waals surface area contributed by atoms with Gasteiger partial charge in [-0.3, -0.25) is 4.68 Å². The van der Waals surface area contributed by atoms with Gasteiger partial charge in [0, 0.05) is 25.7 Å². The molecule has 2 aromatic heterocycles. The number of aryl methyl sites for hydroxylation is 2. The molecule has 0 spiro atoms. The molecular formula is C15H22BrClN6. The van der Waals surface area contributed by atoms with Crippen molar-refractivity contribution >= 4 is 33.5 Å². The summed E-state index contributed by atoms with van der Waals surface area (Å²) in [7, 11) is 1.92. The van der Waals surface area contributed by atoms with Crippen LogP contribution in [0.5, 0.6) is 0 Å². The lowest BCUT2D eigenvalue weighted by Gasteiger charge is -2.25. The number of rotatable bonds is 4. The van der Waals surface area contributed by atoms with Crippen LogP contribution < -0.4 is 4.90 Å². The highest BCUT2D eigenvalue weighted by atomic mass is 79.9. The molecule has 126 valence electrons. The van der Waals surface area contributed by atoms with Gasteiger partial charge in [0.15, 0.2) is 0 Å². The fourth-order valence-electron chi connectivity index (χ4n) is 3.31. The molecule has 0 N–H and O–H groups in total. The lowest BCUT2D eigenvalue weighted by molar-refractivity contribution is 0.481. The van der Waals surface area contributed by atoms with Crippen LogP contribution in [0.2, 0.25) is 5.15 Å². The summed E-state index contributed by atoms with van der Waals surface area (Å²) >= 11 is 10.0. The normalized spacial score (nSPS) is 18.4. The summed E-state index contributed by atoms with van der Waals surface area (Å²) in [6.45, 7) is 8.18. The second-order valence-corrected chi connectivity index (χ2v) is 7.59. The van der Waals surface area contributed by atoms with Gasteiger partial charge in [-0.25, -0.2) is 4.68 Å². The highest BCUT2D eigenvalue weighted by Gasteiger charge is 2.34. The highest BCUT2D eigenvalue weighted by Crippen LogP contribution is 2.40. The molecule has 2 aromatic rings. The zero-order chi connectivity index (χ0) is 16.7. The minimum Gasteiger partial charge on any atom is -0.334 e. The molecule has 23 heavy (non-hydrogen) atoms. The van der Waals surface area contributed by atoms with E-state index in [-0.39, 0.29) is 6.04 Å². The third-order valence-electron chi connectivity index (χ3n) is 4.20. The molecule has 8 heteroatoms. The van der Waals surface area contributed by atoms with Crippen LogP contribution in [0, 0.1) is 12.8 Å². The maximum atomic E-state index is 6.67. The van der Waals surface area contributed by atoms with E-state index in [1.165, 1.54) is 0 Å². The van der Waals surface area contributed by atoms with Crippen LogP contribution in [-0.4, -0.2) is 31.1 Å². The van der Waals surface area contributed by atoms with E-state index >= 15 is 0 Å². The van der Waals surface area contributed by atoms with E-state index in [4.69, 9.17) is 11.6 Å². The SMILES string of the molecule is Cc1nn(CC(C)C)c(Cl)c1C1CCCN1c1nc(Br)nn1C. The lowest BCUT2D eigenvalue weighted by Crippen LogP contribution is -2.26. The van der Waals surface area contributed by atoms with Crippen molar-refractivity contribution in [3.05, 3.63) is 21.1 Å². The molecule has 1 fully saturated rings. The fourth-order valence-corrected chi connectivity index (χ4v) is 4.08. The first kappa shape index (κ1) is 16.8. The van der Waals surface area contributed by atoms with E-state index in [9.17, 15) is 0 Å². The molecule has 1 unspecified atom stereocenters. The van der Waals surface area contributed by atoms with Crippen molar-refractivity contribution in [2.45, 2.75) is 46.2 Å². The van der Waals surface area contributed by atoms with Crippen LogP contribution in [0.3, 0.4) is 0 Å². The molecule has 0 saturated carbocycles. The van der Waals surface area contributed by atoms with E-state index in [1.54, 1.807) is 0 Å². The zero-order valence-corrected chi connectivity index (χ0v) is 16.3.